The van der Waals surface area contributed by atoms with Crippen molar-refractivity contribution in [1.29, 1.82) is 0 Å². The van der Waals surface area contributed by atoms with Crippen LogP contribution < -0.4 is 5.73 Å². The lowest BCUT2D eigenvalue weighted by Crippen LogP contribution is -2.16. The molecule has 0 heterocycles. The first-order valence-corrected chi connectivity index (χ1v) is 17.7. The number of hydrogen-bond acceptors (Lipinski definition) is 15. The largest absolute Gasteiger partial charge is 0.507 e. The quantitative estimate of drug-likeness (QED) is 0.0975. The van der Waals surface area contributed by atoms with E-state index in [1.54, 1.807) is 0 Å². The van der Waals surface area contributed by atoms with Gasteiger partial charge < -0.3 is 10.8 Å². The highest BCUT2D eigenvalue weighted by atomic mass is 32.3. The zero-order valence-electron chi connectivity index (χ0n) is 20.1. The van der Waals surface area contributed by atoms with Gasteiger partial charge in [-0.15, -0.1) is 10.2 Å². The highest BCUT2D eigenvalue weighted by Crippen LogP contribution is 2.43. The fraction of sp³-hybridized carbons (Fsp3) is 0.111. The molecule has 0 bridgehead atoms. The highest BCUT2D eigenvalue weighted by Gasteiger charge is 2.26. The van der Waals surface area contributed by atoms with Crippen LogP contribution in [-0.4, -0.2) is 77.8 Å². The minimum Gasteiger partial charge on any atom is -0.507 e. The third-order valence-corrected chi connectivity index (χ3v) is 9.87. The molecule has 0 saturated carbocycles. The van der Waals surface area contributed by atoms with E-state index in [-0.39, 0.29) is 0 Å². The number of aromatic hydroxyl groups is 1. The maximum absolute atomic E-state index is 12.5. The van der Waals surface area contributed by atoms with E-state index >= 15 is 0 Å². The summed E-state index contributed by atoms with van der Waals surface area (Å²) in [4.78, 5) is -4.00. The van der Waals surface area contributed by atoms with Gasteiger partial charge >= 0.3 is 10.4 Å². The summed E-state index contributed by atoms with van der Waals surface area (Å²) in [5, 5.41) is 16.4. The van der Waals surface area contributed by atoms with Gasteiger partial charge in [0.25, 0.3) is 30.4 Å². The van der Waals surface area contributed by atoms with Gasteiger partial charge in [0.2, 0.25) is 0 Å². The molecule has 7 N–H and O–H groups in total. The number of nitrogen functional groups attached to an aromatic ring is 1. The number of benzene rings is 3. The first kappa shape index (κ1) is 33.2. The van der Waals surface area contributed by atoms with E-state index in [4.69, 9.17) is 10.3 Å². The Morgan fingerprint density at radius 3 is 1.83 bits per heavy atom. The molecule has 0 fully saturated rings. The van der Waals surface area contributed by atoms with Gasteiger partial charge in [0.05, 0.1) is 27.8 Å². The second-order valence-electron chi connectivity index (χ2n) is 8.00. The van der Waals surface area contributed by atoms with E-state index in [0.29, 0.717) is 30.3 Å². The molecular formula is C18H17N3O16S5. The molecule has 0 radical (unpaired) electrons. The van der Waals surface area contributed by atoms with Crippen LogP contribution in [-0.2, 0) is 54.8 Å². The van der Waals surface area contributed by atoms with Gasteiger partial charge in [0.15, 0.2) is 9.84 Å². The molecule has 0 aliphatic rings. The van der Waals surface area contributed by atoms with Gasteiger partial charge in [-0.1, -0.05) is 0 Å². The van der Waals surface area contributed by atoms with Crippen molar-refractivity contribution < 1.29 is 69.6 Å². The van der Waals surface area contributed by atoms with Crippen molar-refractivity contribution in [3.63, 3.8) is 0 Å². The maximum atomic E-state index is 12.5. The molecule has 0 unspecified atom stereocenters. The number of hydrogen-bond donors (Lipinski definition) is 6. The van der Waals surface area contributed by atoms with Crippen LogP contribution in [0.15, 0.2) is 66.2 Å². The van der Waals surface area contributed by atoms with Gasteiger partial charge in [-0.3, -0.25) is 18.2 Å². The lowest BCUT2D eigenvalue weighted by atomic mass is 10.1. The van der Waals surface area contributed by atoms with Gasteiger partial charge in [-0.2, -0.15) is 33.7 Å². The first-order valence-electron chi connectivity index (χ1n) is 10.3. The number of nitrogens with zero attached hydrogens (tertiary/aromatic N) is 2. The Morgan fingerprint density at radius 2 is 1.31 bits per heavy atom. The van der Waals surface area contributed by atoms with E-state index in [9.17, 15) is 60.9 Å². The Bertz CT molecular complexity index is 2190. The van der Waals surface area contributed by atoms with Crippen LogP contribution in [0.1, 0.15) is 0 Å². The van der Waals surface area contributed by atoms with E-state index in [1.807, 2.05) is 0 Å². The van der Waals surface area contributed by atoms with Crippen molar-refractivity contribution in [3.8, 4) is 5.75 Å². The summed E-state index contributed by atoms with van der Waals surface area (Å²) >= 11 is 0. The predicted octanol–water partition coefficient (Wildman–Crippen LogP) is 0.876. The Morgan fingerprint density at radius 1 is 0.714 bits per heavy atom. The summed E-state index contributed by atoms with van der Waals surface area (Å²) in [6, 6.07) is 3.66. The van der Waals surface area contributed by atoms with Gasteiger partial charge in [-0.05, 0) is 35.7 Å². The van der Waals surface area contributed by atoms with Crippen molar-refractivity contribution in [1.82, 2.24) is 0 Å². The Hall–Kier alpha value is -3.33. The van der Waals surface area contributed by atoms with Crippen LogP contribution in [0, 0.1) is 0 Å². The van der Waals surface area contributed by atoms with E-state index < -0.39 is 116 Å². The third-order valence-electron chi connectivity index (χ3n) is 5.15. The number of sulfone groups is 1. The molecule has 0 aliphatic carbocycles. The van der Waals surface area contributed by atoms with Gasteiger partial charge in [-0.25, -0.2) is 12.6 Å². The maximum Gasteiger partial charge on any atom is 0.397 e. The average molecular weight is 692 g/mol. The number of anilines is 1. The molecule has 0 spiro atoms. The fourth-order valence-corrected chi connectivity index (χ4v) is 6.83. The number of fused-ring (bicyclic) bond motifs is 1. The number of phenols is 1. The summed E-state index contributed by atoms with van der Waals surface area (Å²) in [5.41, 5.74) is 3.44. The highest BCUT2D eigenvalue weighted by molar-refractivity contribution is 7.91. The van der Waals surface area contributed by atoms with Gasteiger partial charge in [0, 0.05) is 11.5 Å². The standard InChI is InChI=1S/C18H17N3O16S5/c19-17-16-9(5-11(7-13(16)22)39(25,26)27)6-15(41(31,32)33)18(17)21-20-12-2-1-10(8-14(12)40(28,29)30)38(23,24)4-3-37-42(34,35)36/h1-2,5-8,22H,3-4,19H2,(H,25,26,27)(H,28,29,30)(H,31,32,33)(H,34,35,36). The summed E-state index contributed by atoms with van der Waals surface area (Å²) in [6.07, 6.45) is 0. The predicted molar refractivity (Wildman–Crippen MR) is 140 cm³/mol. The summed E-state index contributed by atoms with van der Waals surface area (Å²) in [7, 11) is -24.9. The molecule has 3 aromatic rings. The zero-order valence-corrected chi connectivity index (χ0v) is 24.2. The van der Waals surface area contributed by atoms with E-state index in [0.717, 1.165) is 6.07 Å². The van der Waals surface area contributed by atoms with Crippen molar-refractivity contribution >= 4 is 78.4 Å². The lowest BCUT2D eigenvalue weighted by molar-refractivity contribution is 0.284. The van der Waals surface area contributed by atoms with Gasteiger partial charge in [0.1, 0.15) is 26.9 Å². The average Bonchev–Trinajstić information content (AvgIpc) is 2.80. The topological polar surface area (TPSA) is 332 Å². The zero-order chi connectivity index (χ0) is 32.1. The number of nitrogens with two attached hydrogens (primary N) is 1. The molecular weight excluding hydrogens is 675 g/mol. The smallest absolute Gasteiger partial charge is 0.397 e. The van der Waals surface area contributed by atoms with Crippen molar-refractivity contribution in [2.24, 2.45) is 10.2 Å². The van der Waals surface area contributed by atoms with Crippen molar-refractivity contribution in [2.75, 3.05) is 18.1 Å². The molecule has 24 heteroatoms. The summed E-state index contributed by atoms with van der Waals surface area (Å²) in [6.45, 7) is -1.07. The minimum atomic E-state index is -5.28. The van der Waals surface area contributed by atoms with Crippen LogP contribution in [0.25, 0.3) is 10.8 Å². The molecule has 0 aromatic heterocycles. The fourth-order valence-electron chi connectivity index (χ4n) is 3.39. The van der Waals surface area contributed by atoms with Crippen molar-refractivity contribution in [2.45, 2.75) is 19.6 Å². The van der Waals surface area contributed by atoms with Crippen LogP contribution in [0.3, 0.4) is 0 Å². The second kappa shape index (κ2) is 11.1. The molecule has 42 heavy (non-hydrogen) atoms. The number of phenolic OH excluding ortho intramolecular Hbond substituents is 1. The van der Waals surface area contributed by atoms with E-state index in [1.165, 1.54) is 0 Å². The van der Waals surface area contributed by atoms with Crippen LogP contribution in [0.4, 0.5) is 17.1 Å². The molecule has 19 nitrogen and oxygen atoms in total. The monoisotopic (exact) mass is 691 g/mol. The Labute approximate surface area is 237 Å². The molecule has 0 atom stereocenters. The minimum absolute atomic E-state index is 0.391. The molecule has 0 saturated heterocycles. The van der Waals surface area contributed by atoms with E-state index in [2.05, 4.69) is 14.4 Å². The lowest BCUT2D eigenvalue weighted by Gasteiger charge is -2.12. The SMILES string of the molecule is Nc1c(N=Nc2ccc(S(=O)(=O)CCOS(=O)(=O)O)cc2S(=O)(=O)O)c(S(=O)(=O)O)cc2cc(S(=O)(=O)O)cc(O)c12. The second-order valence-corrected chi connectivity index (χ2v) is 15.4. The molecule has 230 valence electrons. The van der Waals surface area contributed by atoms with Crippen LogP contribution >= 0.6 is 0 Å². The molecule has 3 aromatic carbocycles. The van der Waals surface area contributed by atoms with Crippen LogP contribution in [0.2, 0.25) is 0 Å². The number of rotatable bonds is 10. The summed E-state index contributed by atoms with van der Waals surface area (Å²) in [5.74, 6) is -1.98. The molecule has 0 aliphatic heterocycles. The molecule has 0 amide bonds. The normalized spacial score (nSPS) is 13.6. The third kappa shape index (κ3) is 7.54. The first-order chi connectivity index (χ1) is 18.9. The Kier molecular flexibility index (Phi) is 8.74. The Balaban J connectivity index is 2.22. The summed E-state index contributed by atoms with van der Waals surface area (Å²) < 4.78 is 158. The van der Waals surface area contributed by atoms with Crippen molar-refractivity contribution in [3.05, 3.63) is 36.4 Å². The van der Waals surface area contributed by atoms with Crippen LogP contribution in [0.5, 0.6) is 5.75 Å². The molecule has 3 rings (SSSR count). The number of azo groups is 1.